The van der Waals surface area contributed by atoms with Gasteiger partial charge in [0, 0.05) is 46.5 Å². The van der Waals surface area contributed by atoms with Gasteiger partial charge in [0.25, 0.3) is 0 Å². The molecule has 37 heteroatoms. The number of methoxy groups -OCH3 is 3. The van der Waals surface area contributed by atoms with Crippen molar-refractivity contribution in [3.63, 3.8) is 0 Å². The van der Waals surface area contributed by atoms with Gasteiger partial charge in [-0.3, -0.25) is 9.51 Å². The number of aromatic nitrogens is 6. The average molecular weight is 1700 g/mol. The first-order valence-corrected chi connectivity index (χ1v) is 37.1. The Kier molecular flexibility index (Phi) is 27.8. The predicted octanol–water partition coefficient (Wildman–Crippen LogP) is 21.2. The van der Waals surface area contributed by atoms with Crippen molar-refractivity contribution in [2.75, 3.05) is 21.3 Å². The molecule has 4 N–H and O–H groups in total. The predicted molar refractivity (Wildman–Crippen MR) is 410 cm³/mol. The van der Waals surface area contributed by atoms with E-state index in [1.165, 1.54) is 127 Å². The summed E-state index contributed by atoms with van der Waals surface area (Å²) in [6, 6.07) is 42.0. The van der Waals surface area contributed by atoms with E-state index in [0.29, 0.717) is 99.2 Å². The molecular weight excluding hydrogens is 1640 g/mol. The number of aryl methyl sites for hydroxylation is 4. The van der Waals surface area contributed by atoms with Crippen LogP contribution in [0.15, 0.2) is 184 Å². The van der Waals surface area contributed by atoms with Crippen molar-refractivity contribution in [2.45, 2.75) is 78.8 Å². The first kappa shape index (κ1) is 86.6. The Hall–Kier alpha value is -12.8. The fourth-order valence-corrected chi connectivity index (χ4v) is 14.3. The first-order valence-electron chi connectivity index (χ1n) is 33.8. The van der Waals surface area contributed by atoms with Gasteiger partial charge in [0.2, 0.25) is 0 Å². The summed E-state index contributed by atoms with van der Waals surface area (Å²) in [6.07, 6.45) is -17.5. The topological polar surface area (TPSA) is 281 Å². The lowest BCUT2D eigenvalue weighted by Crippen LogP contribution is -2.14. The fourth-order valence-electron chi connectivity index (χ4n) is 10.4. The molecule has 0 unspecified atom stereocenters. The molecule has 20 nitrogen and oxygen atoms in total. The van der Waals surface area contributed by atoms with E-state index < -0.39 is 58.5 Å². The highest BCUT2D eigenvalue weighted by atomic mass is 32.1. The Morgan fingerprint density at radius 2 is 0.761 bits per heavy atom. The number of nitrogens with one attached hydrogen (secondary N) is 1. The highest BCUT2D eigenvalue weighted by molar-refractivity contribution is 7.16. The smallest absolute Gasteiger partial charge is 0.439 e. The van der Waals surface area contributed by atoms with Crippen LogP contribution in [-0.2, 0) is 51.1 Å². The van der Waals surface area contributed by atoms with Gasteiger partial charge in [-0.2, -0.15) is 63.2 Å². The van der Waals surface area contributed by atoms with Crippen molar-refractivity contribution >= 4 is 51.2 Å². The molecular formula is C80H61F13N10O10S4. The standard InChI is InChI=1S/C21H16F3N3O4S.C20H18F3N3O3S.C20H15F3N2O2S.C19H12F4N2OS/c1-11-17(32-19(25-11)12-3-5-13(6-4-12)21(22,23)24)10-30-14-7-8-15(16(9-14)29-2)18-26-20(28)31-27-18;1-11-17(10-29-14-7-8-15(18(24)26-27)16(9-14)28-2)30-19(25-11)12-3-5-13(6-4-12)20(21,22)23;1-12-18(11-27-16-8-5-14(10-24)17(9-16)26-2)28-19(25-12)13-3-6-15(7-4-13)20(21,22)23;1-11-17(10-26-15-7-4-13(9-24)16(20)8-15)27-18(25-11)12-2-5-14(6-3-12)19(21,22)23/h3-9H,10H2,1-2H3,(H,26,27,28);3-9,27H,10H2,1-2H3,(H2,24,26);3-9H,11H2,1-2H3;2-8H,10H2,1H3. The summed E-state index contributed by atoms with van der Waals surface area (Å²) in [5, 5.41) is 35.6. The van der Waals surface area contributed by atoms with Crippen LogP contribution in [0.5, 0.6) is 40.2 Å². The number of nitrogens with zero attached hydrogens (tertiary/aromatic N) is 8. The molecule has 13 rings (SSSR count). The van der Waals surface area contributed by atoms with E-state index in [4.69, 9.17) is 54.6 Å². The molecule has 0 saturated heterocycles. The minimum Gasteiger partial charge on any atom is -0.496 e. The van der Waals surface area contributed by atoms with Crippen LogP contribution in [0, 0.1) is 56.2 Å². The quantitative estimate of drug-likeness (QED) is 0.0198. The van der Waals surface area contributed by atoms with E-state index in [2.05, 4.69) is 39.8 Å². The normalized spacial score (nSPS) is 11.5. The van der Waals surface area contributed by atoms with Crippen molar-refractivity contribution in [3.8, 4) is 106 Å². The number of rotatable bonds is 21. The van der Waals surface area contributed by atoms with Crippen molar-refractivity contribution in [1.82, 2.24) is 30.1 Å². The van der Waals surface area contributed by atoms with E-state index >= 15 is 0 Å². The molecule has 0 saturated carbocycles. The SMILES string of the molecule is COc1cc(OCc2sc(-c3ccc(C(F)(F)F)cc3)nc2C)ccc1-c1noc(=O)[nH]1.COc1cc(OCc2sc(-c3ccc(C(F)(F)F)cc3)nc2C)ccc1C#N.COc1cc(OCc2sc(-c3ccc(C(F)(F)F)cc3)nc2C)ccc1C(N)=NO.Cc1nc(-c2ccc(C(F)(F)F)cc2)sc1COc1ccc(C#N)c(F)c1. The number of benzene rings is 8. The number of hydrogen-bond donors (Lipinski definition) is 3. The molecule has 0 amide bonds. The molecule has 0 radical (unpaired) electrons. The van der Waals surface area contributed by atoms with Gasteiger partial charge in [-0.25, -0.2) is 29.1 Å². The van der Waals surface area contributed by atoms with Crippen LogP contribution >= 0.6 is 45.3 Å². The van der Waals surface area contributed by atoms with Crippen LogP contribution in [0.3, 0.4) is 0 Å². The number of alkyl halides is 12. The van der Waals surface area contributed by atoms with Gasteiger partial charge in [0.05, 0.1) is 108 Å². The number of aromatic amines is 1. The summed E-state index contributed by atoms with van der Waals surface area (Å²) < 4.78 is 209. The average Bonchev–Trinajstić information content (AvgIpc) is 1.67. The molecule has 5 heterocycles. The number of H-pyrrole nitrogens is 1. The molecule has 13 aromatic rings. The molecule has 8 aromatic carbocycles. The number of hydrogen-bond acceptors (Lipinski definition) is 22. The Bertz CT molecular complexity index is 5790. The zero-order chi connectivity index (χ0) is 84.7. The van der Waals surface area contributed by atoms with Crippen LogP contribution in [0.2, 0.25) is 0 Å². The van der Waals surface area contributed by atoms with Crippen molar-refractivity contribution in [3.05, 3.63) is 267 Å². The molecule has 117 heavy (non-hydrogen) atoms. The number of halogens is 13. The maximum atomic E-state index is 13.6. The Morgan fingerprint density at radius 3 is 1.06 bits per heavy atom. The van der Waals surface area contributed by atoms with Crippen molar-refractivity contribution in [2.24, 2.45) is 10.9 Å². The largest absolute Gasteiger partial charge is 0.496 e. The molecule has 0 atom stereocenters. The lowest BCUT2D eigenvalue weighted by Gasteiger charge is -2.10. The summed E-state index contributed by atoms with van der Waals surface area (Å²) in [5.41, 5.74) is 9.39. The third-order valence-corrected chi connectivity index (χ3v) is 21.4. The lowest BCUT2D eigenvalue weighted by molar-refractivity contribution is -0.138. The molecule has 5 aromatic heterocycles. The molecule has 0 fully saturated rings. The highest BCUT2D eigenvalue weighted by Crippen LogP contribution is 2.41. The van der Waals surface area contributed by atoms with Crippen LogP contribution in [-0.4, -0.2) is 62.4 Å². The van der Waals surface area contributed by atoms with Gasteiger partial charge in [0.15, 0.2) is 11.7 Å². The maximum absolute atomic E-state index is 13.6. The van der Waals surface area contributed by atoms with E-state index in [1.54, 1.807) is 67.6 Å². The van der Waals surface area contributed by atoms with Crippen LogP contribution in [0.25, 0.3) is 53.7 Å². The summed E-state index contributed by atoms with van der Waals surface area (Å²) in [6.45, 7) is 8.03. The number of nitriles is 2. The monoisotopic (exact) mass is 1700 g/mol. The summed E-state index contributed by atoms with van der Waals surface area (Å²) in [7, 11) is 4.41. The maximum Gasteiger partial charge on any atom is 0.439 e. The number of oxime groups is 1. The summed E-state index contributed by atoms with van der Waals surface area (Å²) in [5.74, 6) is 1.88. The molecule has 0 spiro atoms. The molecule has 0 aliphatic carbocycles. The number of nitrogens with two attached hydrogens (primary N) is 1. The Balaban J connectivity index is 0.000000165. The zero-order valence-corrected chi connectivity index (χ0v) is 65.1. The second-order valence-electron chi connectivity index (χ2n) is 24.4. The number of thiazole rings is 4. The third-order valence-electron chi connectivity index (χ3n) is 16.7. The van der Waals surface area contributed by atoms with E-state index in [-0.39, 0.29) is 49.4 Å². The van der Waals surface area contributed by atoms with Crippen LogP contribution < -0.4 is 44.6 Å². The minimum absolute atomic E-state index is 0.0686. The van der Waals surface area contributed by atoms with Gasteiger partial charge >= 0.3 is 30.5 Å². The third kappa shape index (κ3) is 22.6. The lowest BCUT2D eigenvalue weighted by atomic mass is 10.1. The molecule has 0 aliphatic rings. The van der Waals surface area contributed by atoms with Crippen LogP contribution in [0.1, 0.15) is 81.2 Å². The Labute approximate surface area is 672 Å². The number of amidine groups is 1. The van der Waals surface area contributed by atoms with Gasteiger partial charge < -0.3 is 44.1 Å². The fraction of sp³-hybridized carbons (Fsp3) is 0.188. The second-order valence-corrected chi connectivity index (χ2v) is 28.8. The molecule has 0 bridgehead atoms. The van der Waals surface area contributed by atoms with E-state index in [1.807, 2.05) is 26.8 Å². The summed E-state index contributed by atoms with van der Waals surface area (Å²) >= 11 is 5.35. The zero-order valence-electron chi connectivity index (χ0n) is 61.8. The molecule has 0 aliphatic heterocycles. The van der Waals surface area contributed by atoms with Gasteiger partial charge in [-0.15, -0.1) is 45.3 Å². The number of ether oxygens (including phenoxy) is 7. The van der Waals surface area contributed by atoms with Crippen LogP contribution in [0.4, 0.5) is 57.1 Å². The van der Waals surface area contributed by atoms with Crippen molar-refractivity contribution < 1.29 is 100.0 Å². The van der Waals surface area contributed by atoms with E-state index in [9.17, 15) is 61.9 Å². The first-order chi connectivity index (χ1) is 55.5. The summed E-state index contributed by atoms with van der Waals surface area (Å²) in [4.78, 5) is 34.6. The van der Waals surface area contributed by atoms with Gasteiger partial charge in [-0.05, 0) is 125 Å². The van der Waals surface area contributed by atoms with Gasteiger partial charge in [0.1, 0.15) is 105 Å². The van der Waals surface area contributed by atoms with Crippen molar-refractivity contribution in [1.29, 1.82) is 10.5 Å². The van der Waals surface area contributed by atoms with E-state index in [0.717, 1.165) is 91.2 Å². The highest BCUT2D eigenvalue weighted by Gasteiger charge is 2.34. The minimum atomic E-state index is -4.38. The van der Waals surface area contributed by atoms with Gasteiger partial charge in [-0.1, -0.05) is 58.8 Å². The second kappa shape index (κ2) is 37.6. The molecule has 606 valence electrons. The Morgan fingerprint density at radius 1 is 0.453 bits per heavy atom.